The van der Waals surface area contributed by atoms with Gasteiger partial charge in [0, 0.05) is 43.6 Å². The number of hydrogen-bond donors (Lipinski definition) is 3. The van der Waals surface area contributed by atoms with Gasteiger partial charge in [-0.05, 0) is 62.6 Å². The molecule has 1 unspecified atom stereocenters. The van der Waals surface area contributed by atoms with Gasteiger partial charge >= 0.3 is 0 Å². The lowest BCUT2D eigenvalue weighted by atomic mass is 9.92. The number of piperidine rings is 1. The van der Waals surface area contributed by atoms with E-state index in [-0.39, 0.29) is 17.9 Å². The Morgan fingerprint density at radius 1 is 1.28 bits per heavy atom. The van der Waals surface area contributed by atoms with E-state index >= 15 is 0 Å². The molecule has 1 aromatic rings. The van der Waals surface area contributed by atoms with Gasteiger partial charge in [-0.15, -0.1) is 0 Å². The highest BCUT2D eigenvalue weighted by atomic mass is 35.5. The Labute approximate surface area is 196 Å². The van der Waals surface area contributed by atoms with Crippen molar-refractivity contribution in [2.45, 2.75) is 57.5 Å². The summed E-state index contributed by atoms with van der Waals surface area (Å²) in [5, 5.41) is 10.8. The van der Waals surface area contributed by atoms with Crippen LogP contribution < -0.4 is 16.0 Å². The number of ether oxygens (including phenoxy) is 1. The molecule has 3 aliphatic rings. The van der Waals surface area contributed by atoms with Gasteiger partial charge in [0.25, 0.3) is 0 Å². The van der Waals surface area contributed by atoms with Crippen LogP contribution in [0.25, 0.3) is 5.57 Å². The van der Waals surface area contributed by atoms with Crippen LogP contribution in [0, 0.1) is 11.8 Å². The molecule has 0 saturated carbocycles. The molecule has 3 N–H and O–H groups in total. The monoisotopic (exact) mass is 458 g/mol. The van der Waals surface area contributed by atoms with Gasteiger partial charge in [-0.2, -0.15) is 0 Å². The zero-order valence-electron chi connectivity index (χ0n) is 18.9. The van der Waals surface area contributed by atoms with Crippen molar-refractivity contribution >= 4 is 28.9 Å². The molecular weight excluding hydrogens is 424 g/mol. The van der Waals surface area contributed by atoms with Crippen molar-refractivity contribution in [3.05, 3.63) is 41.1 Å². The molecule has 3 heterocycles. The second kappa shape index (κ2) is 11.4. The van der Waals surface area contributed by atoms with E-state index in [9.17, 15) is 4.79 Å². The fourth-order valence-corrected chi connectivity index (χ4v) is 4.98. The Balaban J connectivity index is 1.35. The zero-order chi connectivity index (χ0) is 22.3. The van der Waals surface area contributed by atoms with E-state index in [0.29, 0.717) is 22.8 Å². The maximum atomic E-state index is 12.8. The molecule has 0 bridgehead atoms. The minimum absolute atomic E-state index is 0.0191. The first kappa shape index (κ1) is 23.4. The molecule has 2 fully saturated rings. The first-order valence-electron chi connectivity index (χ1n) is 12.0. The number of hydrogen-bond acceptors (Lipinski definition) is 5. The lowest BCUT2D eigenvalue weighted by Crippen LogP contribution is -2.43. The van der Waals surface area contributed by atoms with Crippen molar-refractivity contribution in [3.8, 4) is 0 Å². The number of anilines is 1. The third-order valence-electron chi connectivity index (χ3n) is 6.92. The van der Waals surface area contributed by atoms with E-state index in [0.717, 1.165) is 76.0 Å². The third kappa shape index (κ3) is 6.19. The van der Waals surface area contributed by atoms with Gasteiger partial charge < -0.3 is 20.7 Å². The number of nitrogens with one attached hydrogen (secondary N) is 3. The van der Waals surface area contributed by atoms with E-state index in [1.165, 1.54) is 0 Å². The SMILES string of the molecule is CC[C@@H]1CC[C@@H](C(=O)Nc2cc(C3=CC=CC(NCC4CCOCC4)C3)c(Cl)cn2)CN1. The summed E-state index contributed by atoms with van der Waals surface area (Å²) in [5.41, 5.74) is 2.09. The Morgan fingerprint density at radius 2 is 2.12 bits per heavy atom. The van der Waals surface area contributed by atoms with E-state index in [1.807, 2.05) is 6.07 Å². The standard InChI is InChI=1S/C25H35ClN4O2/c1-2-20-7-6-19(15-28-20)25(31)30-24-13-22(23(26)16-29-24)18-4-3-5-21(12-18)27-14-17-8-10-32-11-9-17/h3-5,13,16-17,19-21,27-28H,2,6-12,14-15H2,1H3,(H,29,30,31)/t19-,20-,21?/m1/s1. The number of aromatic nitrogens is 1. The molecule has 0 radical (unpaired) electrons. The lowest BCUT2D eigenvalue weighted by molar-refractivity contribution is -0.120. The molecule has 1 aliphatic carbocycles. The molecule has 32 heavy (non-hydrogen) atoms. The van der Waals surface area contributed by atoms with Crippen LogP contribution in [0.1, 0.15) is 51.0 Å². The molecular formula is C25H35ClN4O2. The topological polar surface area (TPSA) is 75.3 Å². The number of pyridine rings is 1. The van der Waals surface area contributed by atoms with Gasteiger partial charge in [0.15, 0.2) is 0 Å². The predicted molar refractivity (Wildman–Crippen MR) is 130 cm³/mol. The molecule has 0 spiro atoms. The molecule has 7 heteroatoms. The van der Waals surface area contributed by atoms with Gasteiger partial charge in [0.05, 0.1) is 10.9 Å². The molecule has 0 aromatic carbocycles. The average molecular weight is 459 g/mol. The van der Waals surface area contributed by atoms with Gasteiger partial charge in [-0.3, -0.25) is 4.79 Å². The van der Waals surface area contributed by atoms with Crippen molar-refractivity contribution < 1.29 is 9.53 Å². The quantitative estimate of drug-likeness (QED) is 0.571. The average Bonchev–Trinajstić information content (AvgIpc) is 2.85. The summed E-state index contributed by atoms with van der Waals surface area (Å²) >= 11 is 6.51. The number of rotatable bonds is 7. The molecule has 2 saturated heterocycles. The van der Waals surface area contributed by atoms with Crippen molar-refractivity contribution in [2.24, 2.45) is 11.8 Å². The Morgan fingerprint density at radius 3 is 2.88 bits per heavy atom. The van der Waals surface area contributed by atoms with Gasteiger partial charge in [-0.1, -0.05) is 36.8 Å². The van der Waals surface area contributed by atoms with Crippen LogP contribution >= 0.6 is 11.6 Å². The Hall–Kier alpha value is -1.73. The summed E-state index contributed by atoms with van der Waals surface area (Å²) in [6, 6.07) is 2.71. The number of nitrogens with zero attached hydrogens (tertiary/aromatic N) is 1. The maximum absolute atomic E-state index is 12.8. The Bertz CT molecular complexity index is 842. The maximum Gasteiger partial charge on any atom is 0.229 e. The summed E-state index contributed by atoms with van der Waals surface area (Å²) < 4.78 is 5.46. The fraction of sp³-hybridized carbons (Fsp3) is 0.600. The van der Waals surface area contributed by atoms with Gasteiger partial charge in [0.1, 0.15) is 5.82 Å². The van der Waals surface area contributed by atoms with Crippen LogP contribution in [0.4, 0.5) is 5.82 Å². The summed E-state index contributed by atoms with van der Waals surface area (Å²) in [4.78, 5) is 17.1. The smallest absolute Gasteiger partial charge is 0.229 e. The van der Waals surface area contributed by atoms with E-state index in [4.69, 9.17) is 16.3 Å². The highest BCUT2D eigenvalue weighted by Crippen LogP contribution is 2.31. The molecule has 1 aromatic heterocycles. The number of halogens is 1. The van der Waals surface area contributed by atoms with Crippen LogP contribution in [0.15, 0.2) is 30.5 Å². The number of carbonyl (C=O) groups is 1. The predicted octanol–water partition coefficient (Wildman–Crippen LogP) is 4.18. The number of carbonyl (C=O) groups excluding carboxylic acids is 1. The van der Waals surface area contributed by atoms with Gasteiger partial charge in [0.2, 0.25) is 5.91 Å². The summed E-state index contributed by atoms with van der Waals surface area (Å²) in [6.07, 6.45) is 14.2. The second-order valence-corrected chi connectivity index (χ2v) is 9.58. The molecule has 2 aliphatic heterocycles. The Kier molecular flexibility index (Phi) is 8.36. The van der Waals surface area contributed by atoms with Crippen LogP contribution in [0.3, 0.4) is 0 Å². The van der Waals surface area contributed by atoms with Crippen LogP contribution in [-0.4, -0.2) is 49.3 Å². The highest BCUT2D eigenvalue weighted by Gasteiger charge is 2.26. The second-order valence-electron chi connectivity index (χ2n) is 9.18. The molecule has 174 valence electrons. The normalized spacial score (nSPS) is 26.6. The minimum atomic E-state index is -0.0191. The van der Waals surface area contributed by atoms with Crippen molar-refractivity contribution in [3.63, 3.8) is 0 Å². The zero-order valence-corrected chi connectivity index (χ0v) is 19.7. The molecule has 1 amide bonds. The van der Waals surface area contributed by atoms with Crippen LogP contribution in [0.2, 0.25) is 5.02 Å². The van der Waals surface area contributed by atoms with Crippen molar-refractivity contribution in [2.75, 3.05) is 31.6 Å². The van der Waals surface area contributed by atoms with Crippen molar-refractivity contribution in [1.82, 2.24) is 15.6 Å². The number of amides is 1. The van der Waals surface area contributed by atoms with Crippen LogP contribution in [-0.2, 0) is 9.53 Å². The molecule has 3 atom stereocenters. The number of allylic oxidation sites excluding steroid dienone is 2. The molecule has 4 rings (SSSR count). The van der Waals surface area contributed by atoms with Crippen LogP contribution in [0.5, 0.6) is 0 Å². The van der Waals surface area contributed by atoms with E-state index in [1.54, 1.807) is 6.20 Å². The van der Waals surface area contributed by atoms with Crippen molar-refractivity contribution in [1.29, 1.82) is 0 Å². The summed E-state index contributed by atoms with van der Waals surface area (Å²) in [6.45, 7) is 5.65. The first-order valence-corrected chi connectivity index (χ1v) is 12.4. The minimum Gasteiger partial charge on any atom is -0.381 e. The highest BCUT2D eigenvalue weighted by molar-refractivity contribution is 6.32. The van der Waals surface area contributed by atoms with E-state index < -0.39 is 0 Å². The fourth-order valence-electron chi connectivity index (χ4n) is 4.76. The molecule has 6 nitrogen and oxygen atoms in total. The van der Waals surface area contributed by atoms with Gasteiger partial charge in [-0.25, -0.2) is 4.98 Å². The lowest BCUT2D eigenvalue weighted by Gasteiger charge is -2.28. The summed E-state index contributed by atoms with van der Waals surface area (Å²) in [5.74, 6) is 1.25. The third-order valence-corrected chi connectivity index (χ3v) is 7.22. The summed E-state index contributed by atoms with van der Waals surface area (Å²) in [7, 11) is 0. The van der Waals surface area contributed by atoms with E-state index in [2.05, 4.69) is 46.1 Å². The first-order chi connectivity index (χ1) is 15.6. The largest absolute Gasteiger partial charge is 0.381 e.